The van der Waals surface area contributed by atoms with Crippen molar-refractivity contribution in [1.29, 1.82) is 0 Å². The summed E-state index contributed by atoms with van der Waals surface area (Å²) in [6.45, 7) is 1.76. The fraction of sp³-hybridized carbons (Fsp3) is 0.0667. The first kappa shape index (κ1) is 15.0. The van der Waals surface area contributed by atoms with E-state index in [1.54, 1.807) is 19.1 Å². The van der Waals surface area contributed by atoms with E-state index in [0.717, 1.165) is 11.6 Å². The molecule has 0 heterocycles. The number of hydrogen-bond donors (Lipinski definition) is 2. The lowest BCUT2D eigenvalue weighted by atomic mass is 10.1. The van der Waals surface area contributed by atoms with E-state index in [4.69, 9.17) is 16.7 Å². The zero-order valence-corrected chi connectivity index (χ0v) is 11.7. The minimum absolute atomic E-state index is 0.222. The molecule has 0 saturated carbocycles. The van der Waals surface area contributed by atoms with E-state index in [1.807, 2.05) is 0 Å². The normalized spacial score (nSPS) is 10.2. The number of amides is 1. The lowest BCUT2D eigenvalue weighted by molar-refractivity contribution is 0.0697. The van der Waals surface area contributed by atoms with Gasteiger partial charge >= 0.3 is 5.97 Å². The summed E-state index contributed by atoms with van der Waals surface area (Å²) >= 11 is 5.86. The number of carboxylic acid groups (broad SMARTS) is 1. The van der Waals surface area contributed by atoms with Crippen molar-refractivity contribution in [3.8, 4) is 0 Å². The standard InChI is InChI=1S/C15H11ClFNO3/c1-8-5-9(7-10(16)6-8)14(19)18-13-11(15(20)21)3-2-4-12(13)17/h2-7H,1H3,(H,18,19)(H,20,21). The molecule has 1 amide bonds. The monoisotopic (exact) mass is 307 g/mol. The molecule has 2 aromatic carbocycles. The van der Waals surface area contributed by atoms with Gasteiger partial charge in [-0.15, -0.1) is 0 Å². The van der Waals surface area contributed by atoms with Crippen LogP contribution in [0, 0.1) is 12.7 Å². The molecule has 0 aliphatic rings. The molecule has 0 spiro atoms. The fourth-order valence-electron chi connectivity index (χ4n) is 1.88. The van der Waals surface area contributed by atoms with Gasteiger partial charge in [0.15, 0.2) is 0 Å². The molecule has 0 unspecified atom stereocenters. The summed E-state index contributed by atoms with van der Waals surface area (Å²) in [4.78, 5) is 23.2. The SMILES string of the molecule is Cc1cc(Cl)cc(C(=O)Nc2c(F)cccc2C(=O)O)c1. The third kappa shape index (κ3) is 3.38. The molecule has 0 fully saturated rings. The number of nitrogens with one attached hydrogen (secondary N) is 1. The molecule has 0 saturated heterocycles. The molecular formula is C15H11ClFNO3. The number of hydrogen-bond acceptors (Lipinski definition) is 2. The molecule has 0 radical (unpaired) electrons. The summed E-state index contributed by atoms with van der Waals surface area (Å²) in [5.41, 5.74) is 0.300. The Balaban J connectivity index is 2.38. The van der Waals surface area contributed by atoms with Crippen molar-refractivity contribution in [2.45, 2.75) is 6.92 Å². The molecule has 108 valence electrons. The number of halogens is 2. The molecule has 0 aliphatic carbocycles. The zero-order chi connectivity index (χ0) is 15.6. The first-order valence-corrected chi connectivity index (χ1v) is 6.36. The highest BCUT2D eigenvalue weighted by molar-refractivity contribution is 6.31. The maximum absolute atomic E-state index is 13.7. The second-order valence-corrected chi connectivity index (χ2v) is 4.88. The zero-order valence-electron chi connectivity index (χ0n) is 11.0. The smallest absolute Gasteiger partial charge is 0.337 e. The number of carbonyl (C=O) groups is 2. The van der Waals surface area contributed by atoms with Crippen LogP contribution in [-0.4, -0.2) is 17.0 Å². The van der Waals surface area contributed by atoms with Crippen molar-refractivity contribution in [3.63, 3.8) is 0 Å². The maximum Gasteiger partial charge on any atom is 0.337 e. The number of benzene rings is 2. The highest BCUT2D eigenvalue weighted by atomic mass is 35.5. The molecule has 21 heavy (non-hydrogen) atoms. The largest absolute Gasteiger partial charge is 0.478 e. The Morgan fingerprint density at radius 1 is 1.24 bits per heavy atom. The molecule has 0 atom stereocenters. The van der Waals surface area contributed by atoms with Crippen LogP contribution in [0.3, 0.4) is 0 Å². The quantitative estimate of drug-likeness (QED) is 0.907. The molecule has 0 aliphatic heterocycles. The molecular weight excluding hydrogens is 297 g/mol. The van der Waals surface area contributed by atoms with Crippen molar-refractivity contribution < 1.29 is 19.1 Å². The lowest BCUT2D eigenvalue weighted by Crippen LogP contribution is -2.16. The Hall–Kier alpha value is -2.40. The number of carboxylic acids is 1. The summed E-state index contributed by atoms with van der Waals surface area (Å²) in [5.74, 6) is -2.78. The van der Waals surface area contributed by atoms with Gasteiger partial charge in [-0.1, -0.05) is 17.7 Å². The van der Waals surface area contributed by atoms with Gasteiger partial charge in [-0.2, -0.15) is 0 Å². The number of para-hydroxylation sites is 1. The van der Waals surface area contributed by atoms with Gasteiger partial charge in [-0.3, -0.25) is 4.79 Å². The molecule has 0 aromatic heterocycles. The number of rotatable bonds is 3. The predicted molar refractivity (Wildman–Crippen MR) is 77.5 cm³/mol. The number of anilines is 1. The van der Waals surface area contributed by atoms with E-state index in [0.29, 0.717) is 5.02 Å². The molecule has 4 nitrogen and oxygen atoms in total. The average molecular weight is 308 g/mol. The van der Waals surface area contributed by atoms with Crippen LogP contribution in [0.5, 0.6) is 0 Å². The van der Waals surface area contributed by atoms with Crippen molar-refractivity contribution in [2.75, 3.05) is 5.32 Å². The van der Waals surface area contributed by atoms with Gasteiger partial charge < -0.3 is 10.4 Å². The third-order valence-corrected chi connectivity index (χ3v) is 3.01. The second kappa shape index (κ2) is 5.93. The summed E-state index contributed by atoms with van der Waals surface area (Å²) in [6.07, 6.45) is 0. The minimum Gasteiger partial charge on any atom is -0.478 e. The third-order valence-electron chi connectivity index (χ3n) is 2.79. The van der Waals surface area contributed by atoms with Crippen molar-refractivity contribution in [2.24, 2.45) is 0 Å². The number of aromatic carboxylic acids is 1. The summed E-state index contributed by atoms with van der Waals surface area (Å²) in [5, 5.41) is 11.7. The summed E-state index contributed by atoms with van der Waals surface area (Å²) < 4.78 is 13.7. The molecule has 2 rings (SSSR count). The highest BCUT2D eigenvalue weighted by Gasteiger charge is 2.17. The van der Waals surface area contributed by atoms with Crippen LogP contribution in [0.15, 0.2) is 36.4 Å². The van der Waals surface area contributed by atoms with Crippen LogP contribution < -0.4 is 5.32 Å². The van der Waals surface area contributed by atoms with Gasteiger partial charge in [0.25, 0.3) is 5.91 Å². The van der Waals surface area contributed by atoms with Gasteiger partial charge in [0.2, 0.25) is 0 Å². The second-order valence-electron chi connectivity index (χ2n) is 4.44. The summed E-state index contributed by atoms with van der Waals surface area (Å²) in [7, 11) is 0. The van der Waals surface area contributed by atoms with E-state index in [-0.39, 0.29) is 16.8 Å². The average Bonchev–Trinajstić information content (AvgIpc) is 2.39. The van der Waals surface area contributed by atoms with Crippen molar-refractivity contribution >= 4 is 29.2 Å². The lowest BCUT2D eigenvalue weighted by Gasteiger charge is -2.10. The number of aryl methyl sites for hydroxylation is 1. The molecule has 0 bridgehead atoms. The van der Waals surface area contributed by atoms with E-state index < -0.39 is 17.7 Å². The number of carbonyl (C=O) groups excluding carboxylic acids is 1. The van der Waals surface area contributed by atoms with Crippen LogP contribution in [0.25, 0.3) is 0 Å². The van der Waals surface area contributed by atoms with Gasteiger partial charge in [0.05, 0.1) is 11.3 Å². The van der Waals surface area contributed by atoms with E-state index in [2.05, 4.69) is 5.32 Å². The van der Waals surface area contributed by atoms with Crippen molar-refractivity contribution in [3.05, 3.63) is 63.9 Å². The van der Waals surface area contributed by atoms with E-state index in [1.165, 1.54) is 18.2 Å². The van der Waals surface area contributed by atoms with Crippen LogP contribution in [0.2, 0.25) is 5.02 Å². The Morgan fingerprint density at radius 2 is 1.95 bits per heavy atom. The Kier molecular flexibility index (Phi) is 4.23. The molecule has 2 aromatic rings. The predicted octanol–water partition coefficient (Wildman–Crippen LogP) is 3.74. The molecule has 2 N–H and O–H groups in total. The molecule has 6 heteroatoms. The minimum atomic E-state index is -1.33. The van der Waals surface area contributed by atoms with E-state index >= 15 is 0 Å². The van der Waals surface area contributed by atoms with Crippen LogP contribution in [0.1, 0.15) is 26.3 Å². The van der Waals surface area contributed by atoms with E-state index in [9.17, 15) is 14.0 Å². The van der Waals surface area contributed by atoms with Gasteiger partial charge in [0, 0.05) is 10.6 Å². The van der Waals surface area contributed by atoms with Gasteiger partial charge in [0.1, 0.15) is 5.82 Å². The Labute approximate surface area is 125 Å². The Morgan fingerprint density at radius 3 is 2.57 bits per heavy atom. The maximum atomic E-state index is 13.7. The van der Waals surface area contributed by atoms with Gasteiger partial charge in [-0.25, -0.2) is 9.18 Å². The van der Waals surface area contributed by atoms with Crippen LogP contribution in [0.4, 0.5) is 10.1 Å². The van der Waals surface area contributed by atoms with Crippen LogP contribution in [-0.2, 0) is 0 Å². The first-order valence-electron chi connectivity index (χ1n) is 5.99. The topological polar surface area (TPSA) is 66.4 Å². The van der Waals surface area contributed by atoms with Crippen LogP contribution >= 0.6 is 11.6 Å². The highest BCUT2D eigenvalue weighted by Crippen LogP contribution is 2.22. The first-order chi connectivity index (χ1) is 9.88. The Bertz CT molecular complexity index is 711. The van der Waals surface area contributed by atoms with Crippen molar-refractivity contribution in [1.82, 2.24) is 0 Å². The van der Waals surface area contributed by atoms with Gasteiger partial charge in [-0.05, 0) is 42.8 Å². The summed E-state index contributed by atoms with van der Waals surface area (Å²) in [6, 6.07) is 8.21. The fourth-order valence-corrected chi connectivity index (χ4v) is 2.17.